The summed E-state index contributed by atoms with van der Waals surface area (Å²) in [6.07, 6.45) is 7.27. The van der Waals surface area contributed by atoms with Gasteiger partial charge in [-0.3, -0.25) is 4.21 Å². The Kier molecular flexibility index (Phi) is 8.16. The van der Waals surface area contributed by atoms with E-state index in [0.29, 0.717) is 0 Å². The van der Waals surface area contributed by atoms with Gasteiger partial charge in [-0.25, -0.2) is 0 Å². The van der Waals surface area contributed by atoms with Crippen molar-refractivity contribution < 1.29 is 4.21 Å². The van der Waals surface area contributed by atoms with E-state index in [4.69, 9.17) is 0 Å². The van der Waals surface area contributed by atoms with E-state index in [2.05, 4.69) is 64.0 Å². The van der Waals surface area contributed by atoms with Gasteiger partial charge in [0.1, 0.15) is 0 Å². The molecule has 1 atom stereocenters. The van der Waals surface area contributed by atoms with E-state index < -0.39 is 10.8 Å². The van der Waals surface area contributed by atoms with Crippen LogP contribution in [0.3, 0.4) is 0 Å². The van der Waals surface area contributed by atoms with E-state index in [0.717, 1.165) is 12.2 Å². The number of benzene rings is 1. The summed E-state index contributed by atoms with van der Waals surface area (Å²) in [4.78, 5) is 2.13. The number of anilines is 1. The minimum atomic E-state index is -0.684. The van der Waals surface area contributed by atoms with Gasteiger partial charge in [-0.15, -0.1) is 0 Å². The molecule has 126 valence electrons. The van der Waals surface area contributed by atoms with Gasteiger partial charge in [0.05, 0.1) is 0 Å². The molecule has 1 rings (SSSR count). The Morgan fingerprint density at radius 1 is 0.909 bits per heavy atom. The van der Waals surface area contributed by atoms with Crippen molar-refractivity contribution in [3.05, 3.63) is 29.8 Å². The van der Waals surface area contributed by atoms with Crippen LogP contribution in [-0.2, 0) is 17.2 Å². The van der Waals surface area contributed by atoms with Crippen LogP contribution in [0.4, 0.5) is 5.69 Å². The Hall–Kier alpha value is -0.830. The lowest BCUT2D eigenvalue weighted by atomic mass is 10.1. The van der Waals surface area contributed by atoms with Crippen molar-refractivity contribution in [2.24, 2.45) is 0 Å². The first kappa shape index (κ1) is 19.2. The normalized spacial score (nSPS) is 13.1. The number of aryl methyl sites for hydroxylation is 1. The molecule has 0 aliphatic heterocycles. The second-order valence-electron chi connectivity index (χ2n) is 7.24. The van der Waals surface area contributed by atoms with Crippen molar-refractivity contribution >= 4 is 16.5 Å². The molecule has 0 saturated heterocycles. The zero-order valence-corrected chi connectivity index (χ0v) is 15.8. The first-order valence-corrected chi connectivity index (χ1v) is 9.77. The van der Waals surface area contributed by atoms with Crippen LogP contribution in [0.15, 0.2) is 24.3 Å². The molecular weight excluding hydrogens is 290 g/mol. The summed E-state index contributed by atoms with van der Waals surface area (Å²) in [5.41, 5.74) is 2.69. The monoisotopic (exact) mass is 323 g/mol. The summed E-state index contributed by atoms with van der Waals surface area (Å²) in [5.74, 6) is 0.857. The minimum absolute atomic E-state index is 0.0568. The first-order chi connectivity index (χ1) is 10.3. The highest BCUT2D eigenvalue weighted by Crippen LogP contribution is 2.16. The fourth-order valence-corrected chi connectivity index (χ4v) is 3.44. The van der Waals surface area contributed by atoms with E-state index >= 15 is 0 Å². The molecule has 0 aliphatic carbocycles. The molecule has 2 nitrogen and oxygen atoms in total. The molecular formula is C19H33NOS. The molecule has 0 aromatic heterocycles. The summed E-state index contributed by atoms with van der Waals surface area (Å²) in [5, 5.41) is 0. The molecule has 1 aromatic rings. The standard InChI is InChI=1S/C19H33NOS/c1-19(2,3)22(21)16-10-8-6-7-9-11-17-12-14-18(15-13-17)20(4)5/h12-15H,6-11,16H2,1-5H3. The van der Waals surface area contributed by atoms with Crippen LogP contribution < -0.4 is 4.90 Å². The zero-order valence-electron chi connectivity index (χ0n) is 15.0. The van der Waals surface area contributed by atoms with Crippen LogP contribution in [0.2, 0.25) is 0 Å². The quantitative estimate of drug-likeness (QED) is 0.609. The molecule has 1 unspecified atom stereocenters. The van der Waals surface area contributed by atoms with Gasteiger partial charge in [0.15, 0.2) is 0 Å². The molecule has 0 N–H and O–H groups in total. The van der Waals surface area contributed by atoms with Gasteiger partial charge in [0.2, 0.25) is 0 Å². The average molecular weight is 324 g/mol. The van der Waals surface area contributed by atoms with Crippen LogP contribution in [0.25, 0.3) is 0 Å². The lowest BCUT2D eigenvalue weighted by Gasteiger charge is -2.17. The maximum absolute atomic E-state index is 11.9. The number of hydrogen-bond acceptors (Lipinski definition) is 2. The van der Waals surface area contributed by atoms with E-state index in [1.54, 1.807) is 0 Å². The van der Waals surface area contributed by atoms with Gasteiger partial charge in [-0.05, 0) is 57.7 Å². The number of hydrogen-bond donors (Lipinski definition) is 0. The third kappa shape index (κ3) is 7.44. The summed E-state index contributed by atoms with van der Waals surface area (Å²) in [6, 6.07) is 8.86. The molecule has 1 aromatic carbocycles. The third-order valence-electron chi connectivity index (χ3n) is 3.93. The van der Waals surface area contributed by atoms with Crippen LogP contribution in [0.1, 0.15) is 58.4 Å². The predicted molar refractivity (Wildman–Crippen MR) is 100 cm³/mol. The van der Waals surface area contributed by atoms with Crippen LogP contribution >= 0.6 is 0 Å². The first-order valence-electron chi connectivity index (χ1n) is 8.45. The molecule has 0 heterocycles. The van der Waals surface area contributed by atoms with Crippen LogP contribution in [-0.4, -0.2) is 28.8 Å². The highest BCUT2D eigenvalue weighted by Gasteiger charge is 2.18. The highest BCUT2D eigenvalue weighted by molar-refractivity contribution is 7.86. The average Bonchev–Trinajstić information content (AvgIpc) is 2.45. The van der Waals surface area contributed by atoms with E-state index in [9.17, 15) is 4.21 Å². The SMILES string of the molecule is CN(C)c1ccc(CCCCCCCS(=O)C(C)(C)C)cc1. The maximum atomic E-state index is 11.9. The van der Waals surface area contributed by atoms with Crippen molar-refractivity contribution in [3.63, 3.8) is 0 Å². The van der Waals surface area contributed by atoms with Gasteiger partial charge >= 0.3 is 0 Å². The third-order valence-corrected chi connectivity index (χ3v) is 5.96. The summed E-state index contributed by atoms with van der Waals surface area (Å²) < 4.78 is 11.9. The second kappa shape index (κ2) is 9.34. The zero-order chi connectivity index (χ0) is 16.6. The molecule has 22 heavy (non-hydrogen) atoms. The Morgan fingerprint density at radius 2 is 1.45 bits per heavy atom. The number of rotatable bonds is 9. The van der Waals surface area contributed by atoms with Crippen molar-refractivity contribution in [2.45, 2.75) is 64.0 Å². The smallest absolute Gasteiger partial charge is 0.0375 e. The second-order valence-corrected chi connectivity index (χ2v) is 9.56. The van der Waals surface area contributed by atoms with Gasteiger partial charge in [-0.1, -0.05) is 31.4 Å². The maximum Gasteiger partial charge on any atom is 0.0375 e. The molecule has 3 heteroatoms. The van der Waals surface area contributed by atoms with E-state index in [1.807, 2.05) is 0 Å². The van der Waals surface area contributed by atoms with Gasteiger partial charge in [-0.2, -0.15) is 0 Å². The molecule has 0 aliphatic rings. The largest absolute Gasteiger partial charge is 0.378 e. The molecule has 0 amide bonds. The number of unbranched alkanes of at least 4 members (excludes halogenated alkanes) is 4. The summed E-state index contributed by atoms with van der Waals surface area (Å²) in [7, 11) is 3.46. The van der Waals surface area contributed by atoms with Gasteiger partial charge in [0.25, 0.3) is 0 Å². The number of nitrogens with zero attached hydrogens (tertiary/aromatic N) is 1. The Labute approximate surface area is 139 Å². The lowest BCUT2D eigenvalue weighted by molar-refractivity contribution is 0.619. The summed E-state index contributed by atoms with van der Waals surface area (Å²) in [6.45, 7) is 6.18. The lowest BCUT2D eigenvalue weighted by Crippen LogP contribution is -2.23. The Balaban J connectivity index is 2.10. The molecule has 0 bridgehead atoms. The molecule has 0 spiro atoms. The molecule has 0 fully saturated rings. The Bertz CT molecular complexity index is 445. The van der Waals surface area contributed by atoms with E-state index in [-0.39, 0.29) is 4.75 Å². The van der Waals surface area contributed by atoms with Gasteiger partial charge < -0.3 is 4.90 Å². The fraction of sp³-hybridized carbons (Fsp3) is 0.684. The highest BCUT2D eigenvalue weighted by atomic mass is 32.2. The fourth-order valence-electron chi connectivity index (χ4n) is 2.36. The van der Waals surface area contributed by atoms with Crippen molar-refractivity contribution in [1.29, 1.82) is 0 Å². The van der Waals surface area contributed by atoms with Crippen molar-refractivity contribution in [1.82, 2.24) is 0 Å². The molecule has 0 radical (unpaired) electrons. The van der Waals surface area contributed by atoms with Crippen LogP contribution in [0, 0.1) is 0 Å². The van der Waals surface area contributed by atoms with Crippen molar-refractivity contribution in [2.75, 3.05) is 24.7 Å². The van der Waals surface area contributed by atoms with E-state index in [1.165, 1.54) is 43.4 Å². The van der Waals surface area contributed by atoms with Gasteiger partial charge in [0, 0.05) is 41.1 Å². The Morgan fingerprint density at radius 3 is 2.00 bits per heavy atom. The van der Waals surface area contributed by atoms with Crippen molar-refractivity contribution in [3.8, 4) is 0 Å². The topological polar surface area (TPSA) is 20.3 Å². The minimum Gasteiger partial charge on any atom is -0.378 e. The predicted octanol–water partition coefficient (Wildman–Crippen LogP) is 4.79. The molecule has 0 saturated carbocycles. The summed E-state index contributed by atoms with van der Waals surface area (Å²) >= 11 is 0. The van der Waals surface area contributed by atoms with Crippen LogP contribution in [0.5, 0.6) is 0 Å².